The standard InChI is InChI=1S/C16H22N2OS2/c17-15(20)16(8-4-5-9-16)18-14(19)13-10-11-6-2-1-3-7-12(11)21-13/h10H,1-9H2,(H2,17,20)(H,18,19). The molecule has 1 aromatic rings. The first-order chi connectivity index (χ1) is 10.1. The van der Waals surface area contributed by atoms with Gasteiger partial charge >= 0.3 is 0 Å². The molecular weight excluding hydrogens is 300 g/mol. The van der Waals surface area contributed by atoms with Gasteiger partial charge in [-0.2, -0.15) is 0 Å². The molecular formula is C16H22N2OS2. The van der Waals surface area contributed by atoms with Crippen molar-refractivity contribution >= 4 is 34.5 Å². The molecule has 3 N–H and O–H groups in total. The quantitative estimate of drug-likeness (QED) is 0.663. The maximum atomic E-state index is 12.6. The third-order valence-electron chi connectivity index (χ3n) is 4.75. The second-order valence-electron chi connectivity index (χ2n) is 6.23. The van der Waals surface area contributed by atoms with Crippen LogP contribution in [0.4, 0.5) is 0 Å². The molecule has 0 bridgehead atoms. The maximum absolute atomic E-state index is 12.6. The Labute approximate surface area is 135 Å². The zero-order valence-corrected chi connectivity index (χ0v) is 13.9. The Kier molecular flexibility index (Phi) is 4.31. The molecule has 0 aliphatic heterocycles. The van der Waals surface area contributed by atoms with Crippen LogP contribution in [0.5, 0.6) is 0 Å². The van der Waals surface area contributed by atoms with Gasteiger partial charge in [-0.3, -0.25) is 4.79 Å². The fourth-order valence-corrected chi connectivity index (χ4v) is 4.87. The number of aryl methyl sites for hydroxylation is 2. The number of hydrogen-bond donors (Lipinski definition) is 2. The minimum absolute atomic E-state index is 0.00257. The van der Waals surface area contributed by atoms with E-state index in [1.165, 1.54) is 29.7 Å². The number of amides is 1. The molecule has 0 saturated heterocycles. The Bertz CT molecular complexity index is 535. The Balaban J connectivity index is 1.78. The summed E-state index contributed by atoms with van der Waals surface area (Å²) >= 11 is 6.86. The van der Waals surface area contributed by atoms with Gasteiger partial charge in [0.05, 0.1) is 15.4 Å². The number of nitrogens with one attached hydrogen (secondary N) is 1. The van der Waals surface area contributed by atoms with Crippen molar-refractivity contribution in [3.8, 4) is 0 Å². The molecule has 1 fully saturated rings. The van der Waals surface area contributed by atoms with Gasteiger partial charge in [0, 0.05) is 4.88 Å². The highest BCUT2D eigenvalue weighted by molar-refractivity contribution is 7.80. The van der Waals surface area contributed by atoms with Crippen molar-refractivity contribution in [1.82, 2.24) is 5.32 Å². The van der Waals surface area contributed by atoms with Crippen LogP contribution < -0.4 is 11.1 Å². The molecule has 0 radical (unpaired) electrons. The minimum atomic E-state index is -0.451. The van der Waals surface area contributed by atoms with Crippen molar-refractivity contribution in [3.05, 3.63) is 21.4 Å². The van der Waals surface area contributed by atoms with Gasteiger partial charge in [-0.05, 0) is 50.2 Å². The molecule has 1 aromatic heterocycles. The Morgan fingerprint density at radius 1 is 1.19 bits per heavy atom. The molecule has 0 aromatic carbocycles. The summed E-state index contributed by atoms with van der Waals surface area (Å²) in [6.45, 7) is 0. The van der Waals surface area contributed by atoms with Crippen LogP contribution in [-0.4, -0.2) is 16.4 Å². The zero-order valence-electron chi connectivity index (χ0n) is 12.2. The fraction of sp³-hybridized carbons (Fsp3) is 0.625. The van der Waals surface area contributed by atoms with E-state index in [4.69, 9.17) is 18.0 Å². The summed E-state index contributed by atoms with van der Waals surface area (Å²) < 4.78 is 0. The van der Waals surface area contributed by atoms with E-state index in [1.54, 1.807) is 11.3 Å². The van der Waals surface area contributed by atoms with Gasteiger partial charge in [-0.25, -0.2) is 0 Å². The molecule has 3 rings (SSSR count). The lowest BCUT2D eigenvalue weighted by Gasteiger charge is -2.28. The van der Waals surface area contributed by atoms with E-state index in [-0.39, 0.29) is 5.91 Å². The number of thiophene rings is 1. The van der Waals surface area contributed by atoms with Gasteiger partial charge in [0.1, 0.15) is 0 Å². The summed E-state index contributed by atoms with van der Waals surface area (Å²) in [5.74, 6) is 0.00257. The van der Waals surface area contributed by atoms with Crippen LogP contribution in [0.2, 0.25) is 0 Å². The summed E-state index contributed by atoms with van der Waals surface area (Å²) in [7, 11) is 0. The van der Waals surface area contributed by atoms with Crippen LogP contribution in [0.15, 0.2) is 6.07 Å². The molecule has 0 spiro atoms. The summed E-state index contributed by atoms with van der Waals surface area (Å²) in [5, 5.41) is 3.14. The topological polar surface area (TPSA) is 55.1 Å². The highest BCUT2D eigenvalue weighted by atomic mass is 32.1. The molecule has 3 nitrogen and oxygen atoms in total. The van der Waals surface area contributed by atoms with Gasteiger partial charge in [0.25, 0.3) is 5.91 Å². The Morgan fingerprint density at radius 3 is 2.62 bits per heavy atom. The van der Waals surface area contributed by atoms with Crippen LogP contribution in [0.1, 0.15) is 65.1 Å². The van der Waals surface area contributed by atoms with E-state index in [1.807, 2.05) is 0 Å². The lowest BCUT2D eigenvalue weighted by Crippen LogP contribution is -2.54. The smallest absolute Gasteiger partial charge is 0.262 e. The van der Waals surface area contributed by atoms with Gasteiger partial charge in [-0.15, -0.1) is 11.3 Å². The summed E-state index contributed by atoms with van der Waals surface area (Å²) in [5.41, 5.74) is 6.82. The number of carbonyl (C=O) groups excluding carboxylic acids is 1. The van der Waals surface area contributed by atoms with E-state index in [2.05, 4.69) is 11.4 Å². The van der Waals surface area contributed by atoms with Crippen LogP contribution >= 0.6 is 23.6 Å². The summed E-state index contributed by atoms with van der Waals surface area (Å²) in [6, 6.07) is 2.09. The van der Waals surface area contributed by atoms with Crippen LogP contribution in [-0.2, 0) is 12.8 Å². The molecule has 21 heavy (non-hydrogen) atoms. The number of hydrogen-bond acceptors (Lipinski definition) is 3. The van der Waals surface area contributed by atoms with Crippen molar-refractivity contribution in [2.24, 2.45) is 5.73 Å². The lowest BCUT2D eigenvalue weighted by atomic mass is 9.97. The van der Waals surface area contributed by atoms with Crippen molar-refractivity contribution in [2.45, 2.75) is 63.3 Å². The lowest BCUT2D eigenvalue weighted by molar-refractivity contribution is 0.0928. The third-order valence-corrected chi connectivity index (χ3v) is 6.38. The van der Waals surface area contributed by atoms with E-state index in [0.717, 1.165) is 43.4 Å². The summed E-state index contributed by atoms with van der Waals surface area (Å²) in [4.78, 5) is 15.3. The predicted octanol–water partition coefficient (Wildman–Crippen LogP) is 3.35. The fourth-order valence-electron chi connectivity index (χ4n) is 3.47. The number of nitrogens with two attached hydrogens (primary N) is 1. The van der Waals surface area contributed by atoms with Crippen LogP contribution in [0, 0.1) is 0 Å². The molecule has 1 saturated carbocycles. The van der Waals surface area contributed by atoms with Crippen molar-refractivity contribution in [3.63, 3.8) is 0 Å². The van der Waals surface area contributed by atoms with Crippen LogP contribution in [0.3, 0.4) is 0 Å². The Morgan fingerprint density at radius 2 is 1.90 bits per heavy atom. The molecule has 0 unspecified atom stereocenters. The largest absolute Gasteiger partial charge is 0.391 e. The normalized spacial score (nSPS) is 20.6. The van der Waals surface area contributed by atoms with Crippen molar-refractivity contribution in [1.29, 1.82) is 0 Å². The van der Waals surface area contributed by atoms with E-state index >= 15 is 0 Å². The second kappa shape index (κ2) is 6.05. The highest BCUT2D eigenvalue weighted by Gasteiger charge is 2.38. The third kappa shape index (κ3) is 2.99. The number of fused-ring (bicyclic) bond motifs is 1. The molecule has 1 heterocycles. The van der Waals surface area contributed by atoms with E-state index in [0.29, 0.717) is 4.99 Å². The van der Waals surface area contributed by atoms with Crippen LogP contribution in [0.25, 0.3) is 0 Å². The van der Waals surface area contributed by atoms with Gasteiger partial charge in [0.2, 0.25) is 0 Å². The first-order valence-electron chi connectivity index (χ1n) is 7.85. The van der Waals surface area contributed by atoms with Gasteiger partial charge in [0.15, 0.2) is 0 Å². The molecule has 1 amide bonds. The molecule has 114 valence electrons. The number of rotatable bonds is 3. The average Bonchev–Trinajstić information content (AvgIpc) is 3.02. The Hall–Kier alpha value is -0.940. The maximum Gasteiger partial charge on any atom is 0.262 e. The number of thiocarbonyl (C=S) groups is 1. The average molecular weight is 322 g/mol. The SMILES string of the molecule is NC(=S)C1(NC(=O)c2cc3c(s2)CCCCC3)CCCC1. The predicted molar refractivity (Wildman–Crippen MR) is 91.0 cm³/mol. The van der Waals surface area contributed by atoms with Crippen molar-refractivity contribution < 1.29 is 4.79 Å². The first-order valence-corrected chi connectivity index (χ1v) is 9.07. The van der Waals surface area contributed by atoms with Gasteiger partial charge < -0.3 is 11.1 Å². The molecule has 5 heteroatoms. The molecule has 2 aliphatic rings. The van der Waals surface area contributed by atoms with E-state index in [9.17, 15) is 4.79 Å². The second-order valence-corrected chi connectivity index (χ2v) is 7.80. The first kappa shape index (κ1) is 15.0. The zero-order chi connectivity index (χ0) is 14.9. The summed E-state index contributed by atoms with van der Waals surface area (Å²) in [6.07, 6.45) is 9.92. The molecule has 2 aliphatic carbocycles. The highest BCUT2D eigenvalue weighted by Crippen LogP contribution is 2.32. The van der Waals surface area contributed by atoms with Crippen molar-refractivity contribution in [2.75, 3.05) is 0 Å². The monoisotopic (exact) mass is 322 g/mol. The minimum Gasteiger partial charge on any atom is -0.391 e. The van der Waals surface area contributed by atoms with E-state index < -0.39 is 5.54 Å². The molecule has 0 atom stereocenters. The number of carbonyl (C=O) groups is 1. The van der Waals surface area contributed by atoms with Gasteiger partial charge in [-0.1, -0.05) is 31.5 Å².